The fourth-order valence-corrected chi connectivity index (χ4v) is 3.68. The number of halogens is 1. The van der Waals surface area contributed by atoms with Gasteiger partial charge in [-0.1, -0.05) is 18.7 Å². The molecule has 0 fully saturated rings. The zero-order valence-electron chi connectivity index (χ0n) is 19.0. The number of nitrogens with one attached hydrogen (secondary N) is 1. The second kappa shape index (κ2) is 13.9. The number of anilines is 1. The van der Waals surface area contributed by atoms with Crippen LogP contribution in [0, 0.1) is 5.82 Å². The lowest BCUT2D eigenvalue weighted by Gasteiger charge is -2.26. The van der Waals surface area contributed by atoms with Gasteiger partial charge in [0.2, 0.25) is 0 Å². The van der Waals surface area contributed by atoms with Crippen molar-refractivity contribution in [3.05, 3.63) is 65.7 Å². The molecule has 8 nitrogen and oxygen atoms in total. The van der Waals surface area contributed by atoms with Crippen LogP contribution in [0.3, 0.4) is 0 Å². The Morgan fingerprint density at radius 1 is 1.30 bits per heavy atom. The molecule has 33 heavy (non-hydrogen) atoms. The maximum Gasteiger partial charge on any atom is 0.295 e. The summed E-state index contributed by atoms with van der Waals surface area (Å²) in [6, 6.07) is 7.91. The molecule has 0 aliphatic carbocycles. The van der Waals surface area contributed by atoms with E-state index < -0.39 is 5.91 Å². The van der Waals surface area contributed by atoms with Crippen LogP contribution in [0.1, 0.15) is 35.0 Å². The van der Waals surface area contributed by atoms with Crippen LogP contribution in [0.5, 0.6) is 0 Å². The molecule has 0 saturated carbocycles. The highest BCUT2D eigenvalue weighted by Crippen LogP contribution is 2.33. The molecule has 1 heterocycles. The average Bonchev–Trinajstić information content (AvgIpc) is 2.82. The zero-order chi connectivity index (χ0) is 24.2. The number of aromatic nitrogens is 1. The number of rotatable bonds is 14. The molecule has 1 aromatic carbocycles. The highest BCUT2D eigenvalue weighted by molar-refractivity contribution is 8.06. The molecule has 0 bridgehead atoms. The van der Waals surface area contributed by atoms with E-state index in [0.717, 1.165) is 17.7 Å². The molecule has 0 atom stereocenters. The number of hydroxylamine groups is 2. The highest BCUT2D eigenvalue weighted by atomic mass is 32.2. The van der Waals surface area contributed by atoms with Crippen molar-refractivity contribution in [1.29, 1.82) is 0 Å². The Morgan fingerprint density at radius 3 is 2.67 bits per heavy atom. The van der Waals surface area contributed by atoms with E-state index in [1.165, 1.54) is 31.1 Å². The number of pyridine rings is 1. The molecule has 1 aromatic heterocycles. The van der Waals surface area contributed by atoms with Gasteiger partial charge in [0.15, 0.2) is 0 Å². The first-order chi connectivity index (χ1) is 15.9. The molecular formula is C23H31FN4O4S. The third-order valence-corrected chi connectivity index (χ3v) is 5.52. The molecule has 2 aromatic rings. The van der Waals surface area contributed by atoms with E-state index in [9.17, 15) is 14.4 Å². The molecule has 3 N–H and O–H groups in total. The molecule has 1 amide bonds. The second-order valence-corrected chi connectivity index (χ2v) is 8.15. The lowest BCUT2D eigenvalue weighted by atomic mass is 10.1. The first kappa shape index (κ1) is 26.7. The molecular weight excluding hydrogens is 447 g/mol. The molecule has 0 radical (unpaired) electrons. The van der Waals surface area contributed by atoms with Crippen molar-refractivity contribution in [1.82, 2.24) is 14.8 Å². The van der Waals surface area contributed by atoms with Crippen molar-refractivity contribution in [2.24, 2.45) is 0 Å². The summed E-state index contributed by atoms with van der Waals surface area (Å²) in [4.78, 5) is 19.2. The summed E-state index contributed by atoms with van der Waals surface area (Å²) in [6.07, 6.45) is 2.35. The van der Waals surface area contributed by atoms with Crippen LogP contribution in [0.15, 0.2) is 43.1 Å². The maximum absolute atomic E-state index is 13.3. The van der Waals surface area contributed by atoms with Gasteiger partial charge >= 0.3 is 0 Å². The summed E-state index contributed by atoms with van der Waals surface area (Å²) >= 11 is 1.33. The van der Waals surface area contributed by atoms with Gasteiger partial charge in [0.05, 0.1) is 25.1 Å². The van der Waals surface area contributed by atoms with E-state index in [1.807, 2.05) is 6.92 Å². The number of ether oxygens (including phenoxy) is 1. The molecule has 0 saturated heterocycles. The van der Waals surface area contributed by atoms with Crippen LogP contribution in [-0.4, -0.2) is 66.2 Å². The molecule has 0 unspecified atom stereocenters. The SMILES string of the molecule is C=C(SNCCCOCCO)c1cc(C(=O)N(C)O)ncc1N(CC)Cc1ccc(F)cc1. The van der Waals surface area contributed by atoms with Crippen LogP contribution >= 0.6 is 11.9 Å². The summed E-state index contributed by atoms with van der Waals surface area (Å²) in [5.74, 6) is -0.922. The lowest BCUT2D eigenvalue weighted by Crippen LogP contribution is -2.26. The van der Waals surface area contributed by atoms with Crippen LogP contribution in [0.25, 0.3) is 4.91 Å². The van der Waals surface area contributed by atoms with Crippen molar-refractivity contribution in [3.8, 4) is 0 Å². The summed E-state index contributed by atoms with van der Waals surface area (Å²) in [5.41, 5.74) is 2.49. The van der Waals surface area contributed by atoms with E-state index in [2.05, 4.69) is 21.2 Å². The van der Waals surface area contributed by atoms with Gasteiger partial charge in [-0.25, -0.2) is 14.4 Å². The first-order valence-corrected chi connectivity index (χ1v) is 11.4. The first-order valence-electron chi connectivity index (χ1n) is 10.6. The number of aliphatic hydroxyl groups is 1. The van der Waals surface area contributed by atoms with Crippen molar-refractivity contribution >= 4 is 28.4 Å². The number of benzene rings is 1. The number of carbonyl (C=O) groups is 1. The zero-order valence-corrected chi connectivity index (χ0v) is 19.8. The Labute approximate surface area is 198 Å². The second-order valence-electron chi connectivity index (χ2n) is 7.17. The third kappa shape index (κ3) is 8.41. The Balaban J connectivity index is 2.20. The molecule has 0 spiro atoms. The number of hydrogen-bond acceptors (Lipinski definition) is 8. The monoisotopic (exact) mass is 478 g/mol. The van der Waals surface area contributed by atoms with E-state index >= 15 is 0 Å². The van der Waals surface area contributed by atoms with Crippen LogP contribution in [0.2, 0.25) is 0 Å². The van der Waals surface area contributed by atoms with Crippen molar-refractivity contribution in [2.45, 2.75) is 19.9 Å². The van der Waals surface area contributed by atoms with Gasteiger partial charge in [-0.05, 0) is 49.1 Å². The molecule has 180 valence electrons. The summed E-state index contributed by atoms with van der Waals surface area (Å²) in [6.45, 7) is 8.83. The van der Waals surface area contributed by atoms with E-state index in [0.29, 0.717) is 48.4 Å². The summed E-state index contributed by atoms with van der Waals surface area (Å²) in [7, 11) is 1.24. The lowest BCUT2D eigenvalue weighted by molar-refractivity contribution is -0.0379. The summed E-state index contributed by atoms with van der Waals surface area (Å²) < 4.78 is 21.8. The molecule has 2 rings (SSSR count). The van der Waals surface area contributed by atoms with Gasteiger partial charge in [-0.3, -0.25) is 14.7 Å². The van der Waals surface area contributed by atoms with Crippen LogP contribution in [0.4, 0.5) is 10.1 Å². The van der Waals surface area contributed by atoms with E-state index in [-0.39, 0.29) is 18.1 Å². The number of nitrogens with zero attached hydrogens (tertiary/aromatic N) is 3. The van der Waals surface area contributed by atoms with E-state index in [4.69, 9.17) is 9.84 Å². The topological polar surface area (TPSA) is 98.2 Å². The van der Waals surface area contributed by atoms with Gasteiger partial charge in [-0.2, -0.15) is 0 Å². The number of amides is 1. The Bertz CT molecular complexity index is 912. The van der Waals surface area contributed by atoms with Gasteiger partial charge in [0.1, 0.15) is 11.5 Å². The smallest absolute Gasteiger partial charge is 0.295 e. The highest BCUT2D eigenvalue weighted by Gasteiger charge is 2.19. The third-order valence-electron chi connectivity index (χ3n) is 4.70. The fourth-order valence-electron chi connectivity index (χ4n) is 2.99. The molecule has 0 aliphatic heterocycles. The predicted octanol–water partition coefficient (Wildman–Crippen LogP) is 3.32. The van der Waals surface area contributed by atoms with Crippen LogP contribution < -0.4 is 9.62 Å². The minimum atomic E-state index is -0.629. The van der Waals surface area contributed by atoms with Gasteiger partial charge in [0, 0.05) is 43.8 Å². The Kier molecular flexibility index (Phi) is 11.3. The largest absolute Gasteiger partial charge is 0.394 e. The quantitative estimate of drug-likeness (QED) is 0.165. The Hall–Kier alpha value is -2.50. The predicted molar refractivity (Wildman–Crippen MR) is 128 cm³/mol. The van der Waals surface area contributed by atoms with Crippen molar-refractivity contribution in [2.75, 3.05) is 44.9 Å². The van der Waals surface area contributed by atoms with E-state index in [1.54, 1.807) is 24.4 Å². The normalized spacial score (nSPS) is 10.8. The summed E-state index contributed by atoms with van der Waals surface area (Å²) in [5, 5.41) is 18.8. The number of aliphatic hydroxyl groups excluding tert-OH is 1. The van der Waals surface area contributed by atoms with Crippen LogP contribution in [-0.2, 0) is 11.3 Å². The molecule has 0 aliphatic rings. The van der Waals surface area contributed by atoms with Gasteiger partial charge in [-0.15, -0.1) is 0 Å². The Morgan fingerprint density at radius 2 is 2.03 bits per heavy atom. The van der Waals surface area contributed by atoms with Crippen molar-refractivity contribution in [3.63, 3.8) is 0 Å². The maximum atomic E-state index is 13.3. The molecule has 10 heteroatoms. The standard InChI is InChI=1S/C23H31FN4O4S/c1-4-28(16-18-6-8-19(24)9-7-18)22-15-25-21(23(30)27(3)31)14-20(22)17(2)33-26-10-5-12-32-13-11-29/h6-9,14-15,26,29,31H,2,4-5,10-13,16H2,1,3H3. The number of hydrogen-bond donors (Lipinski definition) is 3. The fraction of sp³-hybridized carbons (Fsp3) is 0.391. The number of carbonyl (C=O) groups excluding carboxylic acids is 1. The minimum Gasteiger partial charge on any atom is -0.394 e. The van der Waals surface area contributed by atoms with Gasteiger partial charge in [0.25, 0.3) is 5.91 Å². The van der Waals surface area contributed by atoms with Gasteiger partial charge < -0.3 is 14.7 Å². The van der Waals surface area contributed by atoms with Crippen molar-refractivity contribution < 1.29 is 24.2 Å². The minimum absolute atomic E-state index is 0.000261. The average molecular weight is 479 g/mol.